The number of non-ortho nitro benzene ring substituents is 1. The SMILES string of the molecule is O=C1CN(/N=C/c2ccc(-c3ccc([N+](=O)[O-])cc3)o2)C(=O)N1CCN1CCN(Cc2ccccc2)CC1. The largest absolute Gasteiger partial charge is 0.455 e. The van der Waals surface area contributed by atoms with Crippen LogP contribution in [0.1, 0.15) is 11.3 Å². The fourth-order valence-corrected chi connectivity index (χ4v) is 4.54. The molecule has 0 radical (unpaired) electrons. The van der Waals surface area contributed by atoms with Crippen LogP contribution in [0.25, 0.3) is 11.3 Å². The normalized spacial score (nSPS) is 17.2. The lowest BCUT2D eigenvalue weighted by atomic mass is 10.1. The number of benzene rings is 2. The summed E-state index contributed by atoms with van der Waals surface area (Å²) in [7, 11) is 0. The van der Waals surface area contributed by atoms with E-state index in [-0.39, 0.29) is 18.1 Å². The molecule has 0 bridgehead atoms. The molecular formula is C27H28N6O5. The van der Waals surface area contributed by atoms with Crippen molar-refractivity contribution in [2.24, 2.45) is 5.10 Å². The minimum Gasteiger partial charge on any atom is -0.455 e. The van der Waals surface area contributed by atoms with Gasteiger partial charge in [-0.3, -0.25) is 29.6 Å². The molecule has 1 aromatic heterocycles. The van der Waals surface area contributed by atoms with Gasteiger partial charge in [-0.25, -0.2) is 9.80 Å². The third kappa shape index (κ3) is 5.96. The summed E-state index contributed by atoms with van der Waals surface area (Å²) < 4.78 is 5.73. The Kier molecular flexibility index (Phi) is 7.57. The number of hydrogen-bond donors (Lipinski definition) is 0. The number of nitro groups is 1. The number of rotatable bonds is 9. The van der Waals surface area contributed by atoms with Crippen molar-refractivity contribution >= 4 is 23.8 Å². The summed E-state index contributed by atoms with van der Waals surface area (Å²) in [6, 6.07) is 19.3. The molecule has 0 saturated carbocycles. The molecule has 5 rings (SSSR count). The van der Waals surface area contributed by atoms with Gasteiger partial charge in [0, 0.05) is 63.5 Å². The lowest BCUT2D eigenvalue weighted by molar-refractivity contribution is -0.384. The van der Waals surface area contributed by atoms with Crippen molar-refractivity contribution in [3.63, 3.8) is 0 Å². The Labute approximate surface area is 219 Å². The fraction of sp³-hybridized carbons (Fsp3) is 0.296. The van der Waals surface area contributed by atoms with Crippen LogP contribution in [0.2, 0.25) is 0 Å². The number of carbonyl (C=O) groups excluding carboxylic acids is 2. The molecule has 0 unspecified atom stereocenters. The Morgan fingerprint density at radius 1 is 0.895 bits per heavy atom. The molecule has 196 valence electrons. The monoisotopic (exact) mass is 516 g/mol. The zero-order valence-corrected chi connectivity index (χ0v) is 20.8. The summed E-state index contributed by atoms with van der Waals surface area (Å²) in [6.07, 6.45) is 1.38. The zero-order chi connectivity index (χ0) is 26.5. The van der Waals surface area contributed by atoms with E-state index in [4.69, 9.17) is 4.42 Å². The lowest BCUT2D eigenvalue weighted by Gasteiger charge is -2.35. The Morgan fingerprint density at radius 2 is 1.61 bits per heavy atom. The van der Waals surface area contributed by atoms with E-state index < -0.39 is 11.0 Å². The van der Waals surface area contributed by atoms with Crippen LogP contribution in [0.4, 0.5) is 10.5 Å². The highest BCUT2D eigenvalue weighted by molar-refractivity contribution is 6.02. The van der Waals surface area contributed by atoms with Gasteiger partial charge >= 0.3 is 6.03 Å². The van der Waals surface area contributed by atoms with Crippen LogP contribution in [-0.4, -0.2) is 88.6 Å². The van der Waals surface area contributed by atoms with Crippen molar-refractivity contribution in [3.8, 4) is 11.3 Å². The molecule has 2 aliphatic rings. The first-order chi connectivity index (χ1) is 18.5. The van der Waals surface area contributed by atoms with Gasteiger partial charge in [0.1, 0.15) is 18.1 Å². The van der Waals surface area contributed by atoms with Crippen molar-refractivity contribution in [1.29, 1.82) is 0 Å². The molecule has 0 N–H and O–H groups in total. The van der Waals surface area contributed by atoms with Crippen molar-refractivity contribution in [1.82, 2.24) is 19.7 Å². The number of carbonyl (C=O) groups is 2. The number of amides is 3. The van der Waals surface area contributed by atoms with E-state index in [1.165, 1.54) is 28.8 Å². The molecule has 3 aromatic rings. The highest BCUT2D eigenvalue weighted by Gasteiger charge is 2.36. The maximum atomic E-state index is 12.8. The second-order valence-electron chi connectivity index (χ2n) is 9.24. The van der Waals surface area contributed by atoms with Gasteiger partial charge in [-0.2, -0.15) is 5.10 Å². The number of furan rings is 1. The summed E-state index contributed by atoms with van der Waals surface area (Å²) in [4.78, 5) is 41.6. The van der Waals surface area contributed by atoms with Crippen LogP contribution >= 0.6 is 0 Å². The minimum atomic E-state index is -0.463. The Morgan fingerprint density at radius 3 is 2.32 bits per heavy atom. The third-order valence-electron chi connectivity index (χ3n) is 6.71. The van der Waals surface area contributed by atoms with Crippen LogP contribution in [0.15, 0.2) is 76.2 Å². The first kappa shape index (κ1) is 25.3. The van der Waals surface area contributed by atoms with Crippen LogP contribution in [-0.2, 0) is 11.3 Å². The molecule has 2 aromatic carbocycles. The molecule has 2 aliphatic heterocycles. The molecule has 0 atom stereocenters. The molecular weight excluding hydrogens is 488 g/mol. The predicted molar refractivity (Wildman–Crippen MR) is 140 cm³/mol. The molecule has 2 fully saturated rings. The predicted octanol–water partition coefficient (Wildman–Crippen LogP) is 3.27. The van der Waals surface area contributed by atoms with Gasteiger partial charge in [-0.1, -0.05) is 30.3 Å². The number of nitrogens with zero attached hydrogens (tertiary/aromatic N) is 6. The highest BCUT2D eigenvalue weighted by Crippen LogP contribution is 2.24. The molecule has 2 saturated heterocycles. The molecule has 0 aliphatic carbocycles. The van der Waals surface area contributed by atoms with E-state index in [0.29, 0.717) is 30.2 Å². The summed E-state index contributed by atoms with van der Waals surface area (Å²) >= 11 is 0. The second-order valence-corrected chi connectivity index (χ2v) is 9.24. The highest BCUT2D eigenvalue weighted by atomic mass is 16.6. The average molecular weight is 517 g/mol. The van der Waals surface area contributed by atoms with Gasteiger partial charge in [0.25, 0.3) is 11.6 Å². The number of hydrogen-bond acceptors (Lipinski definition) is 8. The second kappa shape index (κ2) is 11.4. The van der Waals surface area contributed by atoms with Crippen LogP contribution < -0.4 is 0 Å². The van der Waals surface area contributed by atoms with Crippen molar-refractivity contribution in [2.45, 2.75) is 6.54 Å². The molecule has 11 nitrogen and oxygen atoms in total. The van der Waals surface area contributed by atoms with Crippen molar-refractivity contribution in [3.05, 3.63) is 88.2 Å². The minimum absolute atomic E-state index is 0.00539. The van der Waals surface area contributed by atoms with Crippen LogP contribution in [0.5, 0.6) is 0 Å². The maximum absolute atomic E-state index is 12.8. The van der Waals surface area contributed by atoms with Crippen molar-refractivity contribution in [2.75, 3.05) is 45.8 Å². The number of hydrazone groups is 1. The maximum Gasteiger partial charge on any atom is 0.347 e. The third-order valence-corrected chi connectivity index (χ3v) is 6.71. The van der Waals surface area contributed by atoms with E-state index in [0.717, 1.165) is 37.7 Å². The van der Waals surface area contributed by atoms with E-state index in [1.807, 2.05) is 6.07 Å². The topological polar surface area (TPSA) is 116 Å². The number of imide groups is 1. The van der Waals surface area contributed by atoms with Gasteiger partial charge in [0.05, 0.1) is 11.1 Å². The number of piperazine rings is 1. The standard InChI is InChI=1S/C27H28N6O5/c34-26-20-32(28-18-24-10-11-25(38-24)22-6-8-23(9-7-22)33(36)37)27(35)31(26)17-16-29-12-14-30(15-13-29)19-21-4-2-1-3-5-21/h1-11,18H,12-17,19-20H2/b28-18+. The quantitative estimate of drug-likeness (QED) is 0.186. The van der Waals surface area contributed by atoms with Crippen molar-refractivity contribution < 1.29 is 18.9 Å². The van der Waals surface area contributed by atoms with E-state index in [9.17, 15) is 19.7 Å². The van der Waals surface area contributed by atoms with Gasteiger partial charge in [0.2, 0.25) is 0 Å². The van der Waals surface area contributed by atoms with Gasteiger partial charge < -0.3 is 4.42 Å². The average Bonchev–Trinajstić information content (AvgIpc) is 3.51. The summed E-state index contributed by atoms with van der Waals surface area (Å²) in [5, 5.41) is 16.1. The molecule has 3 amide bonds. The zero-order valence-electron chi connectivity index (χ0n) is 20.8. The first-order valence-electron chi connectivity index (χ1n) is 12.5. The molecule has 38 heavy (non-hydrogen) atoms. The Bertz CT molecular complexity index is 1320. The summed E-state index contributed by atoms with van der Waals surface area (Å²) in [6.45, 7) is 5.43. The van der Waals surface area contributed by atoms with Crippen LogP contribution in [0, 0.1) is 10.1 Å². The molecule has 3 heterocycles. The van der Waals surface area contributed by atoms with Gasteiger partial charge in [0.15, 0.2) is 0 Å². The number of nitro benzene ring substituents is 1. The molecule has 0 spiro atoms. The summed E-state index contributed by atoms with van der Waals surface area (Å²) in [5.74, 6) is 0.627. The number of urea groups is 1. The van der Waals surface area contributed by atoms with Crippen LogP contribution in [0.3, 0.4) is 0 Å². The molecule has 11 heteroatoms. The van der Waals surface area contributed by atoms with Gasteiger partial charge in [-0.15, -0.1) is 0 Å². The summed E-state index contributed by atoms with van der Waals surface area (Å²) in [5.41, 5.74) is 1.97. The lowest BCUT2D eigenvalue weighted by Crippen LogP contribution is -2.48. The smallest absolute Gasteiger partial charge is 0.347 e. The van der Waals surface area contributed by atoms with E-state index >= 15 is 0 Å². The first-order valence-corrected chi connectivity index (χ1v) is 12.5. The van der Waals surface area contributed by atoms with E-state index in [2.05, 4.69) is 39.2 Å². The Balaban J connectivity index is 1.10. The van der Waals surface area contributed by atoms with Gasteiger partial charge in [-0.05, 0) is 29.8 Å². The fourth-order valence-electron chi connectivity index (χ4n) is 4.54. The Hall–Kier alpha value is -4.35. The van der Waals surface area contributed by atoms with E-state index in [1.54, 1.807) is 24.3 Å².